The van der Waals surface area contributed by atoms with Crippen LogP contribution in [-0.2, 0) is 11.3 Å². The number of nitrogens with zero attached hydrogens (tertiary/aromatic N) is 3. The molecule has 116 valence electrons. The second-order valence-corrected chi connectivity index (χ2v) is 4.90. The van der Waals surface area contributed by atoms with Crippen LogP contribution in [0.5, 0.6) is 0 Å². The lowest BCUT2D eigenvalue weighted by molar-refractivity contribution is -0.125. The van der Waals surface area contributed by atoms with Crippen LogP contribution < -0.4 is 11.1 Å². The monoisotopic (exact) mass is 323 g/mol. The van der Waals surface area contributed by atoms with Gasteiger partial charge in [0.2, 0.25) is 5.91 Å². The molecule has 1 aliphatic rings. The highest BCUT2D eigenvalue weighted by Crippen LogP contribution is 2.30. The van der Waals surface area contributed by atoms with E-state index in [0.717, 1.165) is 25.1 Å². The number of amides is 1. The smallest absolute Gasteiger partial charge is 0.223 e. The van der Waals surface area contributed by atoms with Crippen molar-refractivity contribution in [3.05, 3.63) is 12.2 Å². The summed E-state index contributed by atoms with van der Waals surface area (Å²) in [7, 11) is 0. The molecule has 0 aliphatic heterocycles. The highest BCUT2D eigenvalue weighted by Gasteiger charge is 2.31. The minimum atomic E-state index is 0. The molecular formula is C12H23Cl2N5O. The third-order valence-electron chi connectivity index (χ3n) is 3.76. The lowest BCUT2D eigenvalue weighted by Crippen LogP contribution is -2.36. The van der Waals surface area contributed by atoms with Crippen LogP contribution in [0.2, 0.25) is 0 Å². The average Bonchev–Trinajstić information content (AvgIpc) is 2.98. The molecule has 0 unspecified atom stereocenters. The van der Waals surface area contributed by atoms with Crippen molar-refractivity contribution in [1.82, 2.24) is 20.1 Å². The molecule has 1 aromatic rings. The summed E-state index contributed by atoms with van der Waals surface area (Å²) in [5.74, 6) is 1.48. The van der Waals surface area contributed by atoms with Gasteiger partial charge in [-0.3, -0.25) is 4.79 Å². The number of nitrogens with two attached hydrogens (primary N) is 1. The average molecular weight is 324 g/mol. The number of halogens is 2. The van der Waals surface area contributed by atoms with E-state index in [1.807, 2.05) is 11.5 Å². The van der Waals surface area contributed by atoms with Crippen molar-refractivity contribution in [2.75, 3.05) is 13.1 Å². The van der Waals surface area contributed by atoms with Gasteiger partial charge >= 0.3 is 0 Å². The van der Waals surface area contributed by atoms with E-state index in [4.69, 9.17) is 5.73 Å². The zero-order chi connectivity index (χ0) is 13.0. The number of nitrogens with one attached hydrogen (secondary N) is 1. The summed E-state index contributed by atoms with van der Waals surface area (Å²) in [6.45, 7) is 3.84. The molecule has 2 rings (SSSR count). The molecule has 1 aromatic heterocycles. The fourth-order valence-electron chi connectivity index (χ4n) is 2.63. The van der Waals surface area contributed by atoms with Crippen molar-refractivity contribution < 1.29 is 4.79 Å². The van der Waals surface area contributed by atoms with E-state index in [1.54, 1.807) is 6.33 Å². The number of hydrogen-bond acceptors (Lipinski definition) is 4. The third-order valence-corrected chi connectivity index (χ3v) is 3.76. The minimum Gasteiger partial charge on any atom is -0.354 e. The fraction of sp³-hybridized carbons (Fsp3) is 0.750. The third kappa shape index (κ3) is 4.61. The number of rotatable bonds is 5. The predicted molar refractivity (Wildman–Crippen MR) is 82.2 cm³/mol. The molecule has 1 heterocycles. The first-order valence-corrected chi connectivity index (χ1v) is 6.54. The van der Waals surface area contributed by atoms with Crippen LogP contribution in [0.15, 0.2) is 6.33 Å². The Hall–Kier alpha value is -0.850. The van der Waals surface area contributed by atoms with Crippen LogP contribution in [-0.4, -0.2) is 33.8 Å². The first-order chi connectivity index (χ1) is 8.72. The lowest BCUT2D eigenvalue weighted by atomic mass is 9.95. The minimum absolute atomic E-state index is 0. The summed E-state index contributed by atoms with van der Waals surface area (Å²) in [5.41, 5.74) is 5.69. The lowest BCUT2D eigenvalue weighted by Gasteiger charge is -2.17. The fourth-order valence-corrected chi connectivity index (χ4v) is 2.63. The van der Waals surface area contributed by atoms with E-state index < -0.39 is 0 Å². The zero-order valence-corrected chi connectivity index (χ0v) is 13.3. The van der Waals surface area contributed by atoms with Crippen LogP contribution in [0.3, 0.4) is 0 Å². The zero-order valence-electron chi connectivity index (χ0n) is 11.6. The van der Waals surface area contributed by atoms with Gasteiger partial charge < -0.3 is 15.6 Å². The van der Waals surface area contributed by atoms with Crippen LogP contribution in [0, 0.1) is 18.8 Å². The summed E-state index contributed by atoms with van der Waals surface area (Å²) in [4.78, 5) is 12.0. The van der Waals surface area contributed by atoms with E-state index in [1.165, 1.54) is 0 Å². The maximum Gasteiger partial charge on any atom is 0.223 e. The highest BCUT2D eigenvalue weighted by atomic mass is 35.5. The molecule has 0 aromatic carbocycles. The molecular weight excluding hydrogens is 301 g/mol. The van der Waals surface area contributed by atoms with Gasteiger partial charge in [-0.2, -0.15) is 0 Å². The van der Waals surface area contributed by atoms with Gasteiger partial charge in [0.15, 0.2) is 0 Å². The summed E-state index contributed by atoms with van der Waals surface area (Å²) < 4.78 is 1.93. The molecule has 0 spiro atoms. The van der Waals surface area contributed by atoms with Gasteiger partial charge in [0.05, 0.1) is 0 Å². The Kier molecular flexibility index (Phi) is 8.76. The Bertz CT molecular complexity index is 412. The Morgan fingerprint density at radius 2 is 2.25 bits per heavy atom. The molecule has 1 fully saturated rings. The van der Waals surface area contributed by atoms with Crippen molar-refractivity contribution in [3.8, 4) is 0 Å². The Balaban J connectivity index is 0.00000180. The quantitative estimate of drug-likeness (QED) is 0.843. The number of aromatic nitrogens is 3. The van der Waals surface area contributed by atoms with Crippen molar-refractivity contribution in [2.24, 2.45) is 17.6 Å². The Labute approximate surface area is 131 Å². The molecule has 6 nitrogen and oxygen atoms in total. The molecule has 1 saturated carbocycles. The van der Waals surface area contributed by atoms with E-state index >= 15 is 0 Å². The topological polar surface area (TPSA) is 85.8 Å². The number of carbonyl (C=O) groups is 1. The van der Waals surface area contributed by atoms with Gasteiger partial charge in [0.1, 0.15) is 12.2 Å². The van der Waals surface area contributed by atoms with Crippen molar-refractivity contribution in [1.29, 1.82) is 0 Å². The van der Waals surface area contributed by atoms with E-state index in [-0.39, 0.29) is 36.6 Å². The van der Waals surface area contributed by atoms with Crippen LogP contribution >= 0.6 is 24.8 Å². The van der Waals surface area contributed by atoms with Crippen molar-refractivity contribution in [3.63, 3.8) is 0 Å². The van der Waals surface area contributed by atoms with Gasteiger partial charge in [-0.05, 0) is 32.2 Å². The summed E-state index contributed by atoms with van der Waals surface area (Å²) in [6, 6.07) is 0. The molecule has 0 bridgehead atoms. The number of hydrogen-bond donors (Lipinski definition) is 2. The van der Waals surface area contributed by atoms with E-state index in [2.05, 4.69) is 15.5 Å². The summed E-state index contributed by atoms with van der Waals surface area (Å²) >= 11 is 0. The molecule has 2 atom stereocenters. The second kappa shape index (κ2) is 9.15. The van der Waals surface area contributed by atoms with Crippen LogP contribution in [0.4, 0.5) is 0 Å². The second-order valence-electron chi connectivity index (χ2n) is 4.90. The van der Waals surface area contributed by atoms with E-state index in [0.29, 0.717) is 25.6 Å². The maximum absolute atomic E-state index is 12.0. The van der Waals surface area contributed by atoms with Crippen LogP contribution in [0.25, 0.3) is 0 Å². The van der Waals surface area contributed by atoms with E-state index in [9.17, 15) is 4.79 Å². The normalized spacial score (nSPS) is 20.9. The van der Waals surface area contributed by atoms with Gasteiger partial charge in [-0.15, -0.1) is 35.0 Å². The Morgan fingerprint density at radius 3 is 2.85 bits per heavy atom. The number of carbonyl (C=O) groups excluding carboxylic acids is 1. The molecule has 3 N–H and O–H groups in total. The summed E-state index contributed by atoms with van der Waals surface area (Å²) in [5, 5.41) is 10.7. The predicted octanol–water partition coefficient (Wildman–Crippen LogP) is 0.921. The van der Waals surface area contributed by atoms with Crippen molar-refractivity contribution >= 4 is 30.7 Å². The van der Waals surface area contributed by atoms with Gasteiger partial charge in [0.25, 0.3) is 0 Å². The van der Waals surface area contributed by atoms with Gasteiger partial charge in [-0.1, -0.05) is 6.42 Å². The SMILES string of the molecule is Cc1nncn1CCNC(=O)[C@@H]1CCC[C@@H]1CN.Cl.Cl. The Morgan fingerprint density at radius 1 is 1.50 bits per heavy atom. The molecule has 20 heavy (non-hydrogen) atoms. The first-order valence-electron chi connectivity index (χ1n) is 6.54. The van der Waals surface area contributed by atoms with Crippen LogP contribution in [0.1, 0.15) is 25.1 Å². The maximum atomic E-state index is 12.0. The van der Waals surface area contributed by atoms with Gasteiger partial charge in [-0.25, -0.2) is 0 Å². The first kappa shape index (κ1) is 19.1. The number of aryl methyl sites for hydroxylation is 1. The summed E-state index contributed by atoms with van der Waals surface area (Å²) in [6.07, 6.45) is 4.85. The van der Waals surface area contributed by atoms with Crippen molar-refractivity contribution in [2.45, 2.75) is 32.7 Å². The molecule has 0 radical (unpaired) electrons. The standard InChI is InChI=1S/C12H21N5O.2ClH/c1-9-16-15-8-17(9)6-5-14-12(18)11-4-2-3-10(11)7-13;;/h8,10-11H,2-7,13H2,1H3,(H,14,18);2*1H/t10-,11-;;/m1../s1. The largest absolute Gasteiger partial charge is 0.354 e. The molecule has 8 heteroatoms. The molecule has 1 aliphatic carbocycles. The van der Waals surface area contributed by atoms with Gasteiger partial charge in [0, 0.05) is 19.0 Å². The highest BCUT2D eigenvalue weighted by molar-refractivity contribution is 5.85. The molecule has 1 amide bonds. The molecule has 0 saturated heterocycles.